The van der Waals surface area contributed by atoms with E-state index in [0.717, 1.165) is 30.5 Å². The number of nitrogens with zero attached hydrogens (tertiary/aromatic N) is 2. The van der Waals surface area contributed by atoms with Crippen LogP contribution in [-0.4, -0.2) is 29.4 Å². The van der Waals surface area contributed by atoms with Gasteiger partial charge in [0.2, 0.25) is 0 Å². The van der Waals surface area contributed by atoms with Gasteiger partial charge in [-0.2, -0.15) is 13.9 Å². The smallest absolute Gasteiger partial charge is 0.387 e. The largest absolute Gasteiger partial charge is 0.493 e. The number of benzene rings is 1. The monoisotopic (exact) mass is 351 g/mol. The lowest BCUT2D eigenvalue weighted by molar-refractivity contribution is -0.0515. The Kier molecular flexibility index (Phi) is 4.87. The number of hydrogen-bond acceptors (Lipinski definition) is 4. The minimum absolute atomic E-state index is 0.00987. The van der Waals surface area contributed by atoms with Crippen molar-refractivity contribution in [3.8, 4) is 11.5 Å². The Labute approximate surface area is 143 Å². The third-order valence-electron chi connectivity index (χ3n) is 4.33. The molecule has 134 valence electrons. The highest BCUT2D eigenvalue weighted by molar-refractivity contribution is 5.98. The summed E-state index contributed by atoms with van der Waals surface area (Å²) in [5.41, 5.74) is 2.04. The third-order valence-corrected chi connectivity index (χ3v) is 4.33. The summed E-state index contributed by atoms with van der Waals surface area (Å²) < 4.78 is 36.8. The summed E-state index contributed by atoms with van der Waals surface area (Å²) in [5.74, 6) is -0.672. The average molecular weight is 351 g/mol. The molecule has 0 aliphatic heterocycles. The molecule has 1 N–H and O–H groups in total. The summed E-state index contributed by atoms with van der Waals surface area (Å²) in [4.78, 5) is 12.7. The zero-order valence-corrected chi connectivity index (χ0v) is 14.0. The number of alkyl halides is 2. The van der Waals surface area contributed by atoms with Crippen LogP contribution in [0.15, 0.2) is 24.4 Å². The van der Waals surface area contributed by atoms with E-state index in [0.29, 0.717) is 0 Å². The van der Waals surface area contributed by atoms with Crippen molar-refractivity contribution >= 4 is 5.91 Å². The number of hydrogen-bond donors (Lipinski definition) is 1. The first-order valence-corrected chi connectivity index (χ1v) is 7.94. The van der Waals surface area contributed by atoms with Crippen LogP contribution in [0.1, 0.15) is 40.5 Å². The van der Waals surface area contributed by atoms with Crippen LogP contribution in [0.4, 0.5) is 8.78 Å². The Morgan fingerprint density at radius 2 is 2.24 bits per heavy atom. The van der Waals surface area contributed by atoms with Gasteiger partial charge in [-0.05, 0) is 31.4 Å². The Balaban J connectivity index is 1.87. The number of amides is 1. The molecule has 0 bridgehead atoms. The molecule has 1 aliphatic rings. The Hall–Kier alpha value is -2.64. The van der Waals surface area contributed by atoms with Gasteiger partial charge in [-0.15, -0.1) is 0 Å². The van der Waals surface area contributed by atoms with Gasteiger partial charge in [-0.1, -0.05) is 6.07 Å². The molecule has 1 amide bonds. The number of fused-ring (bicyclic) bond motifs is 1. The second-order valence-electron chi connectivity index (χ2n) is 5.80. The number of methoxy groups -OCH3 is 1. The molecular formula is C17H19F2N3O3. The molecular weight excluding hydrogens is 332 g/mol. The number of carbonyl (C=O) groups excluding carboxylic acids is 1. The highest BCUT2D eigenvalue weighted by Crippen LogP contribution is 2.34. The standard InChI is InChI=1S/C17H19F2N3O3/c1-22-13-7-4-6-12(11(13)9-20-22)21-16(23)10-5-3-8-14(24-2)15(10)25-17(18)19/h3,5,8-9,12,17H,4,6-7H2,1-2H3,(H,21,23). The molecule has 2 aromatic rings. The lowest BCUT2D eigenvalue weighted by atomic mass is 9.92. The highest BCUT2D eigenvalue weighted by Gasteiger charge is 2.27. The zero-order chi connectivity index (χ0) is 18.0. The first-order valence-electron chi connectivity index (χ1n) is 7.94. The van der Waals surface area contributed by atoms with Gasteiger partial charge in [0.25, 0.3) is 5.91 Å². The van der Waals surface area contributed by atoms with Gasteiger partial charge in [0.15, 0.2) is 11.5 Å². The number of carbonyl (C=O) groups is 1. The van der Waals surface area contributed by atoms with Gasteiger partial charge in [0.1, 0.15) is 0 Å². The topological polar surface area (TPSA) is 65.4 Å². The Bertz CT molecular complexity index is 776. The fraction of sp³-hybridized carbons (Fsp3) is 0.412. The van der Waals surface area contributed by atoms with Crippen molar-refractivity contribution in [3.63, 3.8) is 0 Å². The second kappa shape index (κ2) is 7.08. The van der Waals surface area contributed by atoms with Crippen molar-refractivity contribution in [1.29, 1.82) is 0 Å². The van der Waals surface area contributed by atoms with Crippen molar-refractivity contribution in [2.24, 2.45) is 7.05 Å². The summed E-state index contributed by atoms with van der Waals surface area (Å²) in [5, 5.41) is 7.13. The summed E-state index contributed by atoms with van der Waals surface area (Å²) in [6.45, 7) is -3.05. The first-order chi connectivity index (χ1) is 12.0. The van der Waals surface area contributed by atoms with E-state index in [1.165, 1.54) is 19.2 Å². The third kappa shape index (κ3) is 3.42. The van der Waals surface area contributed by atoms with Crippen LogP contribution >= 0.6 is 0 Å². The van der Waals surface area contributed by atoms with Crippen molar-refractivity contribution in [3.05, 3.63) is 41.2 Å². The van der Waals surface area contributed by atoms with E-state index in [4.69, 9.17) is 4.74 Å². The molecule has 1 aromatic heterocycles. The molecule has 1 heterocycles. The SMILES string of the molecule is COc1cccc(C(=O)NC2CCCc3c2cnn3C)c1OC(F)F. The lowest BCUT2D eigenvalue weighted by Gasteiger charge is -2.24. The number of aromatic nitrogens is 2. The maximum Gasteiger partial charge on any atom is 0.387 e. The number of halogens is 2. The van der Waals surface area contributed by atoms with E-state index in [-0.39, 0.29) is 23.1 Å². The average Bonchev–Trinajstić information content (AvgIpc) is 2.97. The summed E-state index contributed by atoms with van der Waals surface area (Å²) in [6.07, 6.45) is 4.31. The molecule has 0 fully saturated rings. The first kappa shape index (κ1) is 17.2. The number of rotatable bonds is 5. The molecule has 1 aromatic carbocycles. The van der Waals surface area contributed by atoms with Crippen LogP contribution in [0.2, 0.25) is 0 Å². The normalized spacial score (nSPS) is 16.4. The van der Waals surface area contributed by atoms with Crippen LogP contribution in [0.25, 0.3) is 0 Å². The molecule has 1 atom stereocenters. The zero-order valence-electron chi connectivity index (χ0n) is 14.0. The van der Waals surface area contributed by atoms with E-state index < -0.39 is 12.5 Å². The molecule has 0 saturated carbocycles. The predicted molar refractivity (Wildman–Crippen MR) is 86.0 cm³/mol. The van der Waals surface area contributed by atoms with Gasteiger partial charge in [-0.25, -0.2) is 0 Å². The molecule has 0 radical (unpaired) electrons. The molecule has 6 nitrogen and oxygen atoms in total. The Morgan fingerprint density at radius 1 is 1.44 bits per heavy atom. The van der Waals surface area contributed by atoms with E-state index in [1.807, 2.05) is 7.05 Å². The summed E-state index contributed by atoms with van der Waals surface area (Å²) in [7, 11) is 3.19. The van der Waals surface area contributed by atoms with Gasteiger partial charge in [0.05, 0.1) is 24.9 Å². The van der Waals surface area contributed by atoms with Crippen LogP contribution in [0.5, 0.6) is 11.5 Å². The van der Waals surface area contributed by atoms with E-state index in [1.54, 1.807) is 16.9 Å². The van der Waals surface area contributed by atoms with Gasteiger partial charge in [-0.3, -0.25) is 9.48 Å². The van der Waals surface area contributed by atoms with Crippen LogP contribution < -0.4 is 14.8 Å². The van der Waals surface area contributed by atoms with E-state index in [9.17, 15) is 13.6 Å². The minimum atomic E-state index is -3.05. The van der Waals surface area contributed by atoms with Crippen molar-refractivity contribution in [2.45, 2.75) is 31.9 Å². The van der Waals surface area contributed by atoms with Crippen LogP contribution in [-0.2, 0) is 13.5 Å². The maximum absolute atomic E-state index is 12.7. The predicted octanol–water partition coefficient (Wildman–Crippen LogP) is 2.84. The van der Waals surface area contributed by atoms with E-state index in [2.05, 4.69) is 15.2 Å². The summed E-state index contributed by atoms with van der Waals surface area (Å²) >= 11 is 0. The second-order valence-corrected chi connectivity index (χ2v) is 5.80. The maximum atomic E-state index is 12.7. The number of aryl methyl sites for hydroxylation is 1. The number of nitrogens with one attached hydrogen (secondary N) is 1. The fourth-order valence-electron chi connectivity index (χ4n) is 3.16. The highest BCUT2D eigenvalue weighted by atomic mass is 19.3. The lowest BCUT2D eigenvalue weighted by Crippen LogP contribution is -2.31. The van der Waals surface area contributed by atoms with Crippen molar-refractivity contribution in [1.82, 2.24) is 15.1 Å². The van der Waals surface area contributed by atoms with Gasteiger partial charge >= 0.3 is 6.61 Å². The number of ether oxygens (including phenoxy) is 2. The molecule has 1 unspecified atom stereocenters. The van der Waals surface area contributed by atoms with Crippen molar-refractivity contribution < 1.29 is 23.0 Å². The van der Waals surface area contributed by atoms with Crippen molar-refractivity contribution in [2.75, 3.05) is 7.11 Å². The van der Waals surface area contributed by atoms with Gasteiger partial charge in [0, 0.05) is 18.3 Å². The quantitative estimate of drug-likeness (QED) is 0.900. The van der Waals surface area contributed by atoms with E-state index >= 15 is 0 Å². The molecule has 1 aliphatic carbocycles. The molecule has 3 rings (SSSR count). The molecule has 8 heteroatoms. The Morgan fingerprint density at radius 3 is 2.96 bits per heavy atom. The molecule has 25 heavy (non-hydrogen) atoms. The number of para-hydroxylation sites is 1. The summed E-state index contributed by atoms with van der Waals surface area (Å²) in [6, 6.07) is 4.25. The van der Waals surface area contributed by atoms with Gasteiger partial charge < -0.3 is 14.8 Å². The van der Waals surface area contributed by atoms with Crippen LogP contribution in [0.3, 0.4) is 0 Å². The molecule has 0 spiro atoms. The fourth-order valence-corrected chi connectivity index (χ4v) is 3.16. The van der Waals surface area contributed by atoms with Crippen LogP contribution in [0, 0.1) is 0 Å². The molecule has 0 saturated heterocycles. The minimum Gasteiger partial charge on any atom is -0.493 e.